The number of rotatable bonds is 7. The van der Waals surface area contributed by atoms with Crippen LogP contribution in [-0.2, 0) is 32.6 Å². The standard InChI is InChI=1S/C11H21O8P/c1-7-9-10(19-20(12,13)16-4)11(18-7,6-15-3)8(17-9)5-14-2/h7-10H,5-6H2,1-4H3,(H,12,13)/t7-,8+,9-,10-,11+/m0/s1. The maximum atomic E-state index is 11.7. The molecule has 0 aromatic carbocycles. The van der Waals surface area contributed by atoms with E-state index in [9.17, 15) is 9.46 Å². The molecule has 2 saturated heterocycles. The Labute approximate surface area is 117 Å². The average molecular weight is 312 g/mol. The van der Waals surface area contributed by atoms with Crippen molar-refractivity contribution in [1.29, 1.82) is 0 Å². The Morgan fingerprint density at radius 3 is 2.55 bits per heavy atom. The lowest BCUT2D eigenvalue weighted by Gasteiger charge is -2.36. The molecule has 6 atom stereocenters. The van der Waals surface area contributed by atoms with Crippen LogP contribution >= 0.6 is 7.82 Å². The maximum Gasteiger partial charge on any atom is 0.472 e. The first-order chi connectivity index (χ1) is 9.40. The van der Waals surface area contributed by atoms with Crippen molar-refractivity contribution in [3.8, 4) is 0 Å². The van der Waals surface area contributed by atoms with E-state index in [-0.39, 0.29) is 19.3 Å². The molecular weight excluding hydrogens is 291 g/mol. The summed E-state index contributed by atoms with van der Waals surface area (Å²) in [5.41, 5.74) is -0.980. The predicted octanol–water partition coefficient (Wildman–Crippen LogP) is 0.336. The summed E-state index contributed by atoms with van der Waals surface area (Å²) < 4.78 is 43.5. The molecule has 0 spiro atoms. The van der Waals surface area contributed by atoms with Crippen LogP contribution in [0.1, 0.15) is 6.92 Å². The van der Waals surface area contributed by atoms with E-state index in [0.29, 0.717) is 0 Å². The average Bonchev–Trinajstić information content (AvgIpc) is 2.78. The third kappa shape index (κ3) is 2.67. The zero-order chi connectivity index (χ0) is 15.0. The number of hydrogen-bond donors (Lipinski definition) is 1. The minimum absolute atomic E-state index is 0.163. The molecule has 118 valence electrons. The summed E-state index contributed by atoms with van der Waals surface area (Å²) >= 11 is 0. The van der Waals surface area contributed by atoms with Gasteiger partial charge in [-0.1, -0.05) is 0 Å². The number of phosphoric acid groups is 1. The summed E-state index contributed by atoms with van der Waals surface area (Å²) in [5, 5.41) is 0. The Bertz CT molecular complexity index is 391. The Morgan fingerprint density at radius 1 is 1.30 bits per heavy atom. The lowest BCUT2D eigenvalue weighted by Crippen LogP contribution is -2.53. The molecule has 1 N–H and O–H groups in total. The van der Waals surface area contributed by atoms with Crippen LogP contribution in [0.3, 0.4) is 0 Å². The molecule has 0 radical (unpaired) electrons. The quantitative estimate of drug-likeness (QED) is 0.673. The largest absolute Gasteiger partial charge is 0.472 e. The molecular formula is C11H21O8P. The Kier molecular flexibility index (Phi) is 4.88. The molecule has 1 unspecified atom stereocenters. The van der Waals surface area contributed by atoms with E-state index >= 15 is 0 Å². The van der Waals surface area contributed by atoms with Gasteiger partial charge in [0, 0.05) is 21.3 Å². The maximum absolute atomic E-state index is 11.7. The van der Waals surface area contributed by atoms with E-state index in [1.807, 2.05) is 6.92 Å². The Hall–Kier alpha value is -0.0500. The van der Waals surface area contributed by atoms with Crippen LogP contribution in [0.5, 0.6) is 0 Å². The summed E-state index contributed by atoms with van der Waals surface area (Å²) in [6.45, 7) is 2.25. The predicted molar refractivity (Wildman–Crippen MR) is 67.4 cm³/mol. The van der Waals surface area contributed by atoms with Gasteiger partial charge in [-0.15, -0.1) is 0 Å². The first kappa shape index (κ1) is 16.3. The second-order valence-corrected chi connectivity index (χ2v) is 6.45. The summed E-state index contributed by atoms with van der Waals surface area (Å²) in [7, 11) is 0.0186. The van der Waals surface area contributed by atoms with Gasteiger partial charge in [0.2, 0.25) is 0 Å². The Morgan fingerprint density at radius 2 is 2.00 bits per heavy atom. The van der Waals surface area contributed by atoms with Gasteiger partial charge in [-0.05, 0) is 6.92 Å². The monoisotopic (exact) mass is 312 g/mol. The van der Waals surface area contributed by atoms with Crippen LogP contribution in [0.25, 0.3) is 0 Å². The van der Waals surface area contributed by atoms with E-state index < -0.39 is 31.7 Å². The smallest absolute Gasteiger partial charge is 0.382 e. The van der Waals surface area contributed by atoms with Gasteiger partial charge in [-0.2, -0.15) is 0 Å². The van der Waals surface area contributed by atoms with E-state index in [1.165, 1.54) is 7.11 Å². The zero-order valence-electron chi connectivity index (χ0n) is 12.0. The molecule has 0 aromatic rings. The van der Waals surface area contributed by atoms with Crippen molar-refractivity contribution in [2.24, 2.45) is 0 Å². The van der Waals surface area contributed by atoms with E-state index in [1.54, 1.807) is 7.11 Å². The fraction of sp³-hybridized carbons (Fsp3) is 1.00. The molecule has 2 aliphatic rings. The molecule has 9 heteroatoms. The highest BCUT2D eigenvalue weighted by molar-refractivity contribution is 7.47. The topological polar surface area (TPSA) is 92.7 Å². The second-order valence-electron chi connectivity index (χ2n) is 4.93. The van der Waals surface area contributed by atoms with Crippen molar-refractivity contribution in [3.05, 3.63) is 0 Å². The van der Waals surface area contributed by atoms with Gasteiger partial charge < -0.3 is 23.8 Å². The van der Waals surface area contributed by atoms with Gasteiger partial charge in [-0.3, -0.25) is 9.05 Å². The molecule has 8 nitrogen and oxygen atoms in total. The van der Waals surface area contributed by atoms with Gasteiger partial charge in [0.15, 0.2) is 0 Å². The lowest BCUT2D eigenvalue weighted by atomic mass is 9.93. The first-order valence-electron chi connectivity index (χ1n) is 6.28. The summed E-state index contributed by atoms with van der Waals surface area (Å²) in [5.74, 6) is 0. The first-order valence-corrected chi connectivity index (χ1v) is 7.78. The van der Waals surface area contributed by atoms with Gasteiger partial charge >= 0.3 is 7.82 Å². The van der Waals surface area contributed by atoms with Crippen LogP contribution in [0.15, 0.2) is 0 Å². The normalized spacial score (nSPS) is 42.9. The highest BCUT2D eigenvalue weighted by Crippen LogP contribution is 2.54. The van der Waals surface area contributed by atoms with Crippen LogP contribution in [0, 0.1) is 0 Å². The van der Waals surface area contributed by atoms with E-state index in [4.69, 9.17) is 23.5 Å². The van der Waals surface area contributed by atoms with Crippen molar-refractivity contribution in [2.75, 3.05) is 34.5 Å². The molecule has 0 amide bonds. The molecule has 20 heavy (non-hydrogen) atoms. The number of hydrogen-bond acceptors (Lipinski definition) is 7. The Balaban J connectivity index is 2.27. The van der Waals surface area contributed by atoms with Crippen molar-refractivity contribution in [2.45, 2.75) is 36.9 Å². The van der Waals surface area contributed by atoms with Gasteiger partial charge in [0.05, 0.1) is 19.3 Å². The minimum Gasteiger partial charge on any atom is -0.382 e. The van der Waals surface area contributed by atoms with Crippen LogP contribution < -0.4 is 0 Å². The zero-order valence-corrected chi connectivity index (χ0v) is 12.9. The number of phosphoric ester groups is 1. The molecule has 2 bridgehead atoms. The van der Waals surface area contributed by atoms with Crippen molar-refractivity contribution >= 4 is 7.82 Å². The SMILES string of the molecule is COC[C@H]1O[C@H]2[C@H](C)O[C@@]1(COC)[C@H]2OP(=O)(O)OC. The molecule has 2 heterocycles. The second kappa shape index (κ2) is 5.98. The van der Waals surface area contributed by atoms with Gasteiger partial charge in [-0.25, -0.2) is 4.57 Å². The highest BCUT2D eigenvalue weighted by Gasteiger charge is 2.67. The summed E-state index contributed by atoms with van der Waals surface area (Å²) in [6.07, 6.45) is -1.94. The molecule has 0 saturated carbocycles. The number of methoxy groups -OCH3 is 2. The van der Waals surface area contributed by atoms with E-state index in [0.717, 1.165) is 7.11 Å². The summed E-state index contributed by atoms with van der Waals surface area (Å²) in [6, 6.07) is 0. The van der Waals surface area contributed by atoms with E-state index in [2.05, 4.69) is 4.52 Å². The van der Waals surface area contributed by atoms with Crippen molar-refractivity contribution in [3.63, 3.8) is 0 Å². The lowest BCUT2D eigenvalue weighted by molar-refractivity contribution is -0.209. The molecule has 0 aliphatic carbocycles. The highest BCUT2D eigenvalue weighted by atomic mass is 31.2. The van der Waals surface area contributed by atoms with Crippen LogP contribution in [-0.4, -0.2) is 69.5 Å². The molecule has 2 fully saturated rings. The molecule has 2 aliphatic heterocycles. The fourth-order valence-electron chi connectivity index (χ4n) is 2.85. The molecule has 0 aromatic heterocycles. The summed E-state index contributed by atoms with van der Waals surface area (Å²) in [4.78, 5) is 9.56. The van der Waals surface area contributed by atoms with Crippen LogP contribution in [0.2, 0.25) is 0 Å². The number of ether oxygens (including phenoxy) is 4. The molecule has 2 rings (SSSR count). The van der Waals surface area contributed by atoms with Crippen molar-refractivity contribution in [1.82, 2.24) is 0 Å². The number of fused-ring (bicyclic) bond motifs is 2. The van der Waals surface area contributed by atoms with Gasteiger partial charge in [0.25, 0.3) is 0 Å². The third-order valence-corrected chi connectivity index (χ3v) is 4.63. The van der Waals surface area contributed by atoms with Gasteiger partial charge in [0.1, 0.15) is 23.9 Å². The third-order valence-electron chi connectivity index (χ3n) is 3.68. The minimum atomic E-state index is -4.15. The van der Waals surface area contributed by atoms with Crippen LogP contribution in [0.4, 0.5) is 0 Å². The fourth-order valence-corrected chi connectivity index (χ4v) is 3.52. The van der Waals surface area contributed by atoms with Crippen molar-refractivity contribution < 1.29 is 37.5 Å².